The summed E-state index contributed by atoms with van der Waals surface area (Å²) in [5.74, 6) is -2.24. The van der Waals surface area contributed by atoms with Crippen LogP contribution in [-0.4, -0.2) is 30.5 Å². The molecule has 0 aliphatic rings. The highest BCUT2D eigenvalue weighted by Crippen LogP contribution is 2.43. The third-order valence-electron chi connectivity index (χ3n) is 4.21. The summed E-state index contributed by atoms with van der Waals surface area (Å²) in [6, 6.07) is 7.36. The van der Waals surface area contributed by atoms with Crippen LogP contribution in [0.2, 0.25) is 0 Å². The van der Waals surface area contributed by atoms with Crippen LogP contribution in [0.5, 0.6) is 5.75 Å². The van der Waals surface area contributed by atoms with E-state index in [1.54, 1.807) is 0 Å². The minimum Gasteiger partial charge on any atom is -0.494 e. The number of anilines is 1. The van der Waals surface area contributed by atoms with Crippen molar-refractivity contribution in [3.8, 4) is 5.75 Å². The lowest BCUT2D eigenvalue weighted by atomic mass is 10.1. The number of carbonyl (C=O) groups excluding carboxylic acids is 1. The van der Waals surface area contributed by atoms with Gasteiger partial charge in [-0.2, -0.15) is 26.3 Å². The monoisotopic (exact) mass is 452 g/mol. The SMILES string of the molecule is CCCCOc1ccc(NC(NC(=O)c2ccc(F)cc2)(C(F)(F)F)C(F)(F)F)cc1. The fraction of sp³-hybridized carbons (Fsp3) is 0.350. The molecule has 0 saturated heterocycles. The van der Waals surface area contributed by atoms with Crippen molar-refractivity contribution in [3.63, 3.8) is 0 Å². The Bertz CT molecular complexity index is 849. The number of unbranched alkanes of at least 4 members (excludes halogenated alkanes) is 1. The number of carbonyl (C=O) groups is 1. The first-order chi connectivity index (χ1) is 14.4. The van der Waals surface area contributed by atoms with Crippen LogP contribution in [0.4, 0.5) is 36.4 Å². The summed E-state index contributed by atoms with van der Waals surface area (Å²) in [5, 5.41) is 2.36. The third-order valence-corrected chi connectivity index (χ3v) is 4.21. The number of halogens is 7. The zero-order chi connectivity index (χ0) is 23.3. The molecule has 1 amide bonds. The lowest BCUT2D eigenvalue weighted by molar-refractivity contribution is -0.294. The minimum absolute atomic E-state index is 0.263. The van der Waals surface area contributed by atoms with E-state index in [-0.39, 0.29) is 5.75 Å². The smallest absolute Gasteiger partial charge is 0.439 e. The van der Waals surface area contributed by atoms with Crippen LogP contribution >= 0.6 is 0 Å². The Labute approximate surface area is 173 Å². The van der Waals surface area contributed by atoms with Crippen molar-refractivity contribution >= 4 is 11.6 Å². The van der Waals surface area contributed by atoms with Crippen molar-refractivity contribution in [1.29, 1.82) is 0 Å². The normalized spacial score (nSPS) is 12.4. The molecular weight excluding hydrogens is 433 g/mol. The van der Waals surface area contributed by atoms with Crippen molar-refractivity contribution in [2.45, 2.75) is 37.8 Å². The number of rotatable bonds is 8. The van der Waals surface area contributed by atoms with Crippen LogP contribution in [0.1, 0.15) is 30.1 Å². The van der Waals surface area contributed by atoms with Crippen LogP contribution < -0.4 is 15.4 Å². The van der Waals surface area contributed by atoms with E-state index in [9.17, 15) is 35.5 Å². The van der Waals surface area contributed by atoms with E-state index in [2.05, 4.69) is 0 Å². The molecule has 0 aliphatic carbocycles. The second-order valence-corrected chi connectivity index (χ2v) is 6.56. The Hall–Kier alpha value is -2.98. The number of amides is 1. The molecule has 2 aromatic carbocycles. The fourth-order valence-electron chi connectivity index (χ4n) is 2.50. The lowest BCUT2D eigenvalue weighted by Gasteiger charge is -2.39. The first kappa shape index (κ1) is 24.3. The van der Waals surface area contributed by atoms with E-state index in [4.69, 9.17) is 4.74 Å². The Morgan fingerprint density at radius 2 is 1.45 bits per heavy atom. The van der Waals surface area contributed by atoms with E-state index in [1.807, 2.05) is 6.92 Å². The van der Waals surface area contributed by atoms with Gasteiger partial charge in [0.05, 0.1) is 6.61 Å². The fourth-order valence-corrected chi connectivity index (χ4v) is 2.50. The van der Waals surface area contributed by atoms with Gasteiger partial charge in [0.1, 0.15) is 11.6 Å². The summed E-state index contributed by atoms with van der Waals surface area (Å²) in [6.45, 7) is 2.26. The standard InChI is InChI=1S/C20H19F7N2O2/c1-2-3-12-31-16-10-8-15(9-11-16)28-18(19(22,23)24,20(25,26)27)29-17(30)13-4-6-14(21)7-5-13/h4-11,28H,2-3,12H2,1H3,(H,29,30). The van der Waals surface area contributed by atoms with Crippen LogP contribution in [0.3, 0.4) is 0 Å². The number of benzene rings is 2. The molecule has 0 heterocycles. The molecule has 0 fully saturated rings. The molecule has 2 N–H and O–H groups in total. The molecule has 0 bridgehead atoms. The molecule has 170 valence electrons. The second-order valence-electron chi connectivity index (χ2n) is 6.56. The van der Waals surface area contributed by atoms with Gasteiger partial charge in [-0.3, -0.25) is 4.79 Å². The van der Waals surface area contributed by atoms with Crippen molar-refractivity contribution in [3.05, 3.63) is 59.9 Å². The van der Waals surface area contributed by atoms with Gasteiger partial charge in [-0.15, -0.1) is 0 Å². The van der Waals surface area contributed by atoms with Crippen LogP contribution in [0.15, 0.2) is 48.5 Å². The molecule has 0 atom stereocenters. The predicted octanol–water partition coefficient (Wildman–Crippen LogP) is 5.67. The van der Waals surface area contributed by atoms with Crippen LogP contribution in [0, 0.1) is 5.82 Å². The van der Waals surface area contributed by atoms with Gasteiger partial charge in [-0.05, 0) is 55.0 Å². The van der Waals surface area contributed by atoms with Gasteiger partial charge in [0.2, 0.25) is 0 Å². The minimum atomic E-state index is -5.97. The predicted molar refractivity (Wildman–Crippen MR) is 99.2 cm³/mol. The second kappa shape index (κ2) is 9.44. The number of hydrogen-bond donors (Lipinski definition) is 2. The molecule has 0 aliphatic heterocycles. The van der Waals surface area contributed by atoms with Crippen molar-refractivity contribution < 1.29 is 40.3 Å². The Morgan fingerprint density at radius 1 is 0.903 bits per heavy atom. The molecule has 11 heteroatoms. The maximum Gasteiger partial charge on any atom is 0.439 e. The molecule has 2 rings (SSSR count). The number of ether oxygens (including phenoxy) is 1. The first-order valence-electron chi connectivity index (χ1n) is 9.12. The molecule has 0 saturated carbocycles. The summed E-state index contributed by atoms with van der Waals surface area (Å²) in [7, 11) is 0. The van der Waals surface area contributed by atoms with E-state index in [0.29, 0.717) is 6.61 Å². The summed E-state index contributed by atoms with van der Waals surface area (Å²) < 4.78 is 100. The van der Waals surface area contributed by atoms with Gasteiger partial charge in [0.15, 0.2) is 0 Å². The van der Waals surface area contributed by atoms with Gasteiger partial charge in [0, 0.05) is 11.3 Å². The summed E-state index contributed by atoms with van der Waals surface area (Å²) in [4.78, 5) is 12.2. The lowest BCUT2D eigenvalue weighted by Crippen LogP contribution is -2.72. The highest BCUT2D eigenvalue weighted by molar-refractivity contribution is 5.95. The highest BCUT2D eigenvalue weighted by atomic mass is 19.4. The van der Waals surface area contributed by atoms with Gasteiger partial charge < -0.3 is 15.4 Å². The zero-order valence-corrected chi connectivity index (χ0v) is 16.2. The molecule has 2 aromatic rings. The number of alkyl halides is 6. The summed E-state index contributed by atoms with van der Waals surface area (Å²) in [5.41, 5.74) is -5.94. The van der Waals surface area contributed by atoms with Crippen LogP contribution in [0.25, 0.3) is 0 Å². The molecule has 0 radical (unpaired) electrons. The molecule has 31 heavy (non-hydrogen) atoms. The number of hydrogen-bond acceptors (Lipinski definition) is 3. The topological polar surface area (TPSA) is 50.4 Å². The van der Waals surface area contributed by atoms with Crippen molar-refractivity contribution in [1.82, 2.24) is 5.32 Å². The maximum atomic E-state index is 13.7. The van der Waals surface area contributed by atoms with Crippen molar-refractivity contribution in [2.75, 3.05) is 11.9 Å². The molecule has 4 nitrogen and oxygen atoms in total. The van der Waals surface area contributed by atoms with Gasteiger partial charge in [-0.1, -0.05) is 13.3 Å². The van der Waals surface area contributed by atoms with Crippen LogP contribution in [-0.2, 0) is 0 Å². The average Bonchev–Trinajstić information content (AvgIpc) is 2.67. The average molecular weight is 452 g/mol. The Morgan fingerprint density at radius 3 is 1.94 bits per heavy atom. The van der Waals surface area contributed by atoms with E-state index < -0.39 is 41.0 Å². The molecule has 0 unspecified atom stereocenters. The summed E-state index contributed by atoms with van der Waals surface area (Å²) >= 11 is 0. The highest BCUT2D eigenvalue weighted by Gasteiger charge is 2.72. The zero-order valence-electron chi connectivity index (χ0n) is 16.2. The van der Waals surface area contributed by atoms with E-state index in [0.717, 1.165) is 54.6 Å². The molecule has 0 aromatic heterocycles. The van der Waals surface area contributed by atoms with Gasteiger partial charge >= 0.3 is 18.0 Å². The largest absolute Gasteiger partial charge is 0.494 e. The third kappa shape index (κ3) is 5.80. The molecule has 0 spiro atoms. The van der Waals surface area contributed by atoms with Gasteiger partial charge in [0.25, 0.3) is 5.91 Å². The maximum absolute atomic E-state index is 13.7. The molecular formula is C20H19F7N2O2. The van der Waals surface area contributed by atoms with Gasteiger partial charge in [-0.25, -0.2) is 4.39 Å². The Balaban J connectivity index is 2.36. The van der Waals surface area contributed by atoms with E-state index in [1.165, 1.54) is 17.4 Å². The first-order valence-corrected chi connectivity index (χ1v) is 9.12. The number of nitrogens with one attached hydrogen (secondary N) is 2. The van der Waals surface area contributed by atoms with E-state index >= 15 is 0 Å². The van der Waals surface area contributed by atoms with Crippen molar-refractivity contribution in [2.24, 2.45) is 0 Å². The summed E-state index contributed by atoms with van der Waals surface area (Å²) in [6.07, 6.45) is -10.4. The Kier molecular flexibility index (Phi) is 7.40. The quantitative estimate of drug-likeness (QED) is 0.308.